The maximum atomic E-state index is 6.92. The van der Waals surface area contributed by atoms with Crippen molar-refractivity contribution in [2.75, 3.05) is 9.80 Å². The van der Waals surface area contributed by atoms with E-state index < -0.39 is 16.1 Å². The molecule has 0 saturated carbocycles. The van der Waals surface area contributed by atoms with E-state index in [2.05, 4.69) is 279 Å². The highest BCUT2D eigenvalue weighted by molar-refractivity contribution is 6.89. The molecule has 0 saturated heterocycles. The molecule has 0 N–H and O–H groups in total. The third kappa shape index (κ3) is 7.17. The predicted octanol–water partition coefficient (Wildman–Crippen LogP) is 19.2. The number of rotatable bonds is 9. The minimum Gasteiger partial charge on any atom is -0.454 e. The van der Waals surface area contributed by atoms with E-state index in [1.54, 1.807) is 0 Å². The largest absolute Gasteiger partial charge is 0.454 e. The van der Waals surface area contributed by atoms with E-state index in [0.717, 1.165) is 105 Å². The second-order valence-electron chi connectivity index (χ2n) is 22.6. The Morgan fingerprint density at radius 2 is 0.711 bits per heavy atom. The normalized spacial score (nSPS) is 12.4. The van der Waals surface area contributed by atoms with Crippen LogP contribution in [0.2, 0.25) is 39.3 Å². The van der Waals surface area contributed by atoms with Crippen molar-refractivity contribution in [1.29, 1.82) is 0 Å². The molecule has 0 aliphatic rings. The quantitative estimate of drug-likeness (QED) is 0.135. The fraction of sp³-hybridized carbons (Fsp3) is 0.101. The molecule has 3 heterocycles. The fourth-order valence-corrected chi connectivity index (χ4v) is 14.3. The standard InChI is InChI=1S/C69H57N3O2Si2/c1-44-20-8-15-29-57(44)72-62-42-60(70(45-34-38-47(39-35-45)75(2,3)4)58-30-18-27-55-51-23-13-16-32-64(51)73-68(55)58)49-21-9-11-25-53(49)66(62)67-54-26-12-10-22-50(54)61(43-63(67)72)71(46-36-40-48(41-37-46)76(5,6)7)59-31-19-28-56-52-24-14-17-33-65(52)74-69(56)59/h8-43H,1-7H3. The molecule has 0 aliphatic carbocycles. The van der Waals surface area contributed by atoms with E-state index in [0.29, 0.717) is 0 Å². The molecule has 0 amide bonds. The number of hydrogen-bond donors (Lipinski definition) is 0. The van der Waals surface area contributed by atoms with Gasteiger partial charge in [0.05, 0.1) is 49.9 Å². The second kappa shape index (κ2) is 17.2. The number of aromatic nitrogens is 1. The molecule has 11 aromatic carbocycles. The van der Waals surface area contributed by atoms with Gasteiger partial charge < -0.3 is 23.2 Å². The lowest BCUT2D eigenvalue weighted by Crippen LogP contribution is -2.37. The molecule has 76 heavy (non-hydrogen) atoms. The van der Waals surface area contributed by atoms with Crippen molar-refractivity contribution in [3.8, 4) is 5.69 Å². The van der Waals surface area contributed by atoms with Crippen LogP contribution in [0.25, 0.3) is 92.9 Å². The number of anilines is 6. The Morgan fingerprint density at radius 3 is 1.13 bits per heavy atom. The van der Waals surface area contributed by atoms with Crippen LogP contribution in [-0.4, -0.2) is 20.7 Å². The van der Waals surface area contributed by atoms with Crippen LogP contribution in [0, 0.1) is 6.92 Å². The van der Waals surface area contributed by atoms with Crippen LogP contribution in [0.15, 0.2) is 227 Å². The van der Waals surface area contributed by atoms with Gasteiger partial charge in [-0.3, -0.25) is 0 Å². The van der Waals surface area contributed by atoms with Gasteiger partial charge in [-0.05, 0) is 90.0 Å². The summed E-state index contributed by atoms with van der Waals surface area (Å²) < 4.78 is 16.4. The number of fused-ring (bicyclic) bond motifs is 13. The van der Waals surface area contributed by atoms with Crippen molar-refractivity contribution in [2.24, 2.45) is 0 Å². The zero-order valence-electron chi connectivity index (χ0n) is 43.9. The Labute approximate surface area is 444 Å². The number of aryl methyl sites for hydroxylation is 1. The summed E-state index contributed by atoms with van der Waals surface area (Å²) in [7, 11) is -3.25. The first-order chi connectivity index (χ1) is 36.9. The molecule has 0 unspecified atom stereocenters. The first kappa shape index (κ1) is 45.9. The Morgan fingerprint density at radius 1 is 0.342 bits per heavy atom. The van der Waals surface area contributed by atoms with E-state index in [9.17, 15) is 0 Å². The monoisotopic (exact) mass is 1020 g/mol. The van der Waals surface area contributed by atoms with Crippen molar-refractivity contribution < 1.29 is 8.83 Å². The SMILES string of the molecule is Cc1ccccc1-n1c2cc(N(c3ccc([Si](C)(C)C)cc3)c3cccc4c3oc3ccccc34)c3ccccc3c2c2c3ccccc3c(N(c3ccc([Si](C)(C)C)cc3)c3cccc4c3oc3ccccc34)cc21. The van der Waals surface area contributed by atoms with Crippen LogP contribution >= 0.6 is 0 Å². The van der Waals surface area contributed by atoms with Gasteiger partial charge in [0.1, 0.15) is 11.2 Å². The van der Waals surface area contributed by atoms with Crippen molar-refractivity contribution in [3.05, 3.63) is 224 Å². The Kier molecular flexibility index (Phi) is 10.4. The Bertz CT molecular complexity index is 4350. The van der Waals surface area contributed by atoms with E-state index in [1.807, 2.05) is 0 Å². The van der Waals surface area contributed by atoms with Crippen LogP contribution in [-0.2, 0) is 0 Å². The highest BCUT2D eigenvalue weighted by atomic mass is 28.3. The molecule has 14 aromatic rings. The molecular formula is C69H57N3O2Si2. The first-order valence-corrected chi connectivity index (χ1v) is 33.5. The summed E-state index contributed by atoms with van der Waals surface area (Å²) in [6, 6.07) is 80.4. The van der Waals surface area contributed by atoms with Crippen LogP contribution in [0.4, 0.5) is 34.1 Å². The highest BCUT2D eigenvalue weighted by Crippen LogP contribution is 2.52. The van der Waals surface area contributed by atoms with E-state index >= 15 is 0 Å². The van der Waals surface area contributed by atoms with E-state index in [4.69, 9.17) is 8.83 Å². The van der Waals surface area contributed by atoms with Crippen LogP contribution < -0.4 is 20.2 Å². The molecule has 5 nitrogen and oxygen atoms in total. The zero-order chi connectivity index (χ0) is 51.6. The van der Waals surface area contributed by atoms with Crippen molar-refractivity contribution >= 4 is 148 Å². The van der Waals surface area contributed by atoms with Crippen molar-refractivity contribution in [2.45, 2.75) is 46.2 Å². The average molecular weight is 1020 g/mol. The van der Waals surface area contributed by atoms with Gasteiger partial charge in [0, 0.05) is 60.2 Å². The third-order valence-corrected chi connectivity index (χ3v) is 19.9. The smallest absolute Gasteiger partial charge is 0.159 e. The van der Waals surface area contributed by atoms with Crippen LogP contribution in [0.5, 0.6) is 0 Å². The topological polar surface area (TPSA) is 37.7 Å². The molecule has 0 spiro atoms. The molecule has 0 atom stereocenters. The molecule has 368 valence electrons. The summed E-state index contributed by atoms with van der Waals surface area (Å²) in [6.45, 7) is 16.7. The number of benzene rings is 11. The highest BCUT2D eigenvalue weighted by Gasteiger charge is 2.29. The minimum absolute atomic E-state index is 0.856. The predicted molar refractivity (Wildman–Crippen MR) is 330 cm³/mol. The maximum Gasteiger partial charge on any atom is 0.159 e. The first-order valence-electron chi connectivity index (χ1n) is 26.5. The molecule has 0 bridgehead atoms. The van der Waals surface area contributed by atoms with Gasteiger partial charge in [-0.25, -0.2) is 0 Å². The summed E-state index contributed by atoms with van der Waals surface area (Å²) in [5.74, 6) is 0. The lowest BCUT2D eigenvalue weighted by Gasteiger charge is -2.28. The third-order valence-electron chi connectivity index (χ3n) is 15.8. The number of nitrogens with zero attached hydrogens (tertiary/aromatic N) is 3. The summed E-state index contributed by atoms with van der Waals surface area (Å²) in [4.78, 5) is 4.90. The molecule has 3 aromatic heterocycles. The van der Waals surface area contributed by atoms with Gasteiger partial charge in [0.25, 0.3) is 0 Å². The summed E-state index contributed by atoms with van der Waals surface area (Å²) in [5.41, 5.74) is 14.3. The second-order valence-corrected chi connectivity index (χ2v) is 32.7. The average Bonchev–Trinajstić information content (AvgIpc) is 4.31. The van der Waals surface area contributed by atoms with Gasteiger partial charge >= 0.3 is 0 Å². The van der Waals surface area contributed by atoms with Crippen molar-refractivity contribution in [3.63, 3.8) is 0 Å². The van der Waals surface area contributed by atoms with Crippen LogP contribution in [0.3, 0.4) is 0 Å². The maximum absolute atomic E-state index is 6.92. The summed E-state index contributed by atoms with van der Waals surface area (Å²) >= 11 is 0. The Hall–Kier alpha value is -8.63. The molecular weight excluding hydrogens is 959 g/mol. The number of para-hydroxylation sites is 5. The summed E-state index contributed by atoms with van der Waals surface area (Å²) in [6.07, 6.45) is 0. The van der Waals surface area contributed by atoms with E-state index in [-0.39, 0.29) is 0 Å². The number of hydrogen-bond acceptors (Lipinski definition) is 4. The van der Waals surface area contributed by atoms with Crippen molar-refractivity contribution in [1.82, 2.24) is 4.57 Å². The molecule has 7 heteroatoms. The van der Waals surface area contributed by atoms with Crippen LogP contribution in [0.1, 0.15) is 5.56 Å². The minimum atomic E-state index is -1.62. The zero-order valence-corrected chi connectivity index (χ0v) is 45.9. The molecule has 0 radical (unpaired) electrons. The van der Waals surface area contributed by atoms with Gasteiger partial charge in [-0.1, -0.05) is 201 Å². The molecule has 0 fully saturated rings. The Balaban J connectivity index is 1.13. The number of furan rings is 2. The lowest BCUT2D eigenvalue weighted by molar-refractivity contribution is 0.669. The van der Waals surface area contributed by atoms with Gasteiger partial charge in [0.15, 0.2) is 11.2 Å². The molecule has 14 rings (SSSR count). The molecule has 0 aliphatic heterocycles. The van der Waals surface area contributed by atoms with E-state index in [1.165, 1.54) is 37.5 Å². The lowest BCUT2D eigenvalue weighted by atomic mass is 9.96. The van der Waals surface area contributed by atoms with Gasteiger partial charge in [-0.15, -0.1) is 0 Å². The van der Waals surface area contributed by atoms with Gasteiger partial charge in [0.2, 0.25) is 0 Å². The fourth-order valence-electron chi connectivity index (χ4n) is 12.0. The summed E-state index contributed by atoms with van der Waals surface area (Å²) in [5, 5.41) is 14.3. The van der Waals surface area contributed by atoms with Gasteiger partial charge in [-0.2, -0.15) is 0 Å².